The fourth-order valence-electron chi connectivity index (χ4n) is 1.58. The second-order valence-electron chi connectivity index (χ2n) is 6.53. The number of hydrogen-bond donors (Lipinski definition) is 0. The SMILES string of the molecule is CC(F)(OC(F)(F)C(F)(OC(F)(F)C(F)(OC(F)(F)C(F)(F)C(F)(F)F)C(F)(F)F)C(F)(F)F)C(F)(F)F. The van der Waals surface area contributed by atoms with Crippen LogP contribution in [0.1, 0.15) is 6.92 Å². The van der Waals surface area contributed by atoms with Crippen LogP contribution in [0.5, 0.6) is 0 Å². The highest BCUT2D eigenvalue weighted by Gasteiger charge is 2.88. The molecule has 0 saturated heterocycles. The molecular weight excluding hydrogens is 629 g/mol. The minimum absolute atomic E-state index is 1.03. The lowest BCUT2D eigenvalue weighted by Gasteiger charge is -2.42. The Balaban J connectivity index is 7.07. The van der Waals surface area contributed by atoms with Crippen molar-refractivity contribution < 1.29 is 115 Å². The van der Waals surface area contributed by atoms with Crippen LogP contribution in [0.3, 0.4) is 0 Å². The van der Waals surface area contributed by atoms with Gasteiger partial charge in [0.2, 0.25) is 0 Å². The van der Waals surface area contributed by atoms with E-state index in [2.05, 4.69) is 0 Å². The van der Waals surface area contributed by atoms with Crippen LogP contribution in [-0.4, -0.2) is 66.5 Å². The van der Waals surface area contributed by atoms with Crippen molar-refractivity contribution in [3.8, 4) is 0 Å². The Labute approximate surface area is 190 Å². The summed E-state index contributed by atoms with van der Waals surface area (Å²) >= 11 is 0. The molecule has 0 amide bonds. The second kappa shape index (κ2) is 9.15. The Morgan fingerprint density at radius 2 is 0.579 bits per heavy atom. The molecule has 0 rings (SSSR count). The van der Waals surface area contributed by atoms with Gasteiger partial charge in [-0.1, -0.05) is 0 Å². The summed E-state index contributed by atoms with van der Waals surface area (Å²) < 4.78 is 299. The van der Waals surface area contributed by atoms with Crippen LogP contribution in [0.4, 0.5) is 101 Å². The van der Waals surface area contributed by atoms with E-state index in [9.17, 15) is 101 Å². The Bertz CT molecular complexity index is 833. The molecule has 0 N–H and O–H groups in total. The van der Waals surface area contributed by atoms with Gasteiger partial charge in [-0.3, -0.25) is 14.2 Å². The molecule has 0 aromatic rings. The Hall–Kier alpha value is -1.73. The fraction of sp³-hybridized carbons (Fsp3) is 1.00. The van der Waals surface area contributed by atoms with E-state index in [1.165, 1.54) is 0 Å². The van der Waals surface area contributed by atoms with Gasteiger partial charge in [-0.15, -0.1) is 0 Å². The van der Waals surface area contributed by atoms with Gasteiger partial charge in [0.15, 0.2) is 0 Å². The van der Waals surface area contributed by atoms with Crippen molar-refractivity contribution in [1.82, 2.24) is 0 Å². The maximum absolute atomic E-state index is 13.9. The highest BCUT2D eigenvalue weighted by molar-refractivity contribution is 4.97. The fourth-order valence-corrected chi connectivity index (χ4v) is 1.58. The van der Waals surface area contributed by atoms with Gasteiger partial charge in [0.25, 0.3) is 0 Å². The van der Waals surface area contributed by atoms with Crippen LogP contribution in [0, 0.1) is 0 Å². The van der Waals surface area contributed by atoms with Gasteiger partial charge < -0.3 is 0 Å². The zero-order valence-electron chi connectivity index (χ0n) is 16.4. The van der Waals surface area contributed by atoms with Gasteiger partial charge in [0.05, 0.1) is 0 Å². The van der Waals surface area contributed by atoms with Gasteiger partial charge in [-0.25, -0.2) is 4.39 Å². The van der Waals surface area contributed by atoms with E-state index in [0.29, 0.717) is 0 Å². The van der Waals surface area contributed by atoms with Crippen LogP contribution in [-0.2, 0) is 14.2 Å². The third-order valence-electron chi connectivity index (χ3n) is 3.56. The average molecular weight is 632 g/mol. The van der Waals surface area contributed by atoms with Crippen molar-refractivity contribution in [2.45, 2.75) is 73.4 Å². The summed E-state index contributed by atoms with van der Waals surface area (Å²) in [6, 6.07) is 0. The van der Waals surface area contributed by atoms with Crippen molar-refractivity contribution >= 4 is 0 Å². The van der Waals surface area contributed by atoms with Crippen LogP contribution >= 0.6 is 0 Å². The maximum Gasteiger partial charge on any atom is 0.462 e. The van der Waals surface area contributed by atoms with E-state index in [-0.39, 0.29) is 0 Å². The van der Waals surface area contributed by atoms with E-state index < -0.39 is 73.4 Å². The molecule has 26 heteroatoms. The van der Waals surface area contributed by atoms with Crippen molar-refractivity contribution in [3.05, 3.63) is 0 Å². The molecule has 0 aromatic carbocycles. The van der Waals surface area contributed by atoms with Gasteiger partial charge in [-0.2, -0.15) is 96.6 Å². The third-order valence-corrected chi connectivity index (χ3v) is 3.56. The topological polar surface area (TPSA) is 27.7 Å². The number of hydrogen-bond acceptors (Lipinski definition) is 3. The Morgan fingerprint density at radius 3 is 0.816 bits per heavy atom. The van der Waals surface area contributed by atoms with Crippen molar-refractivity contribution in [3.63, 3.8) is 0 Å². The Kier molecular flexibility index (Phi) is 8.74. The Morgan fingerprint density at radius 1 is 0.316 bits per heavy atom. The third kappa shape index (κ3) is 6.04. The predicted molar refractivity (Wildman–Crippen MR) is 64.5 cm³/mol. The molecule has 0 radical (unpaired) electrons. The highest BCUT2D eigenvalue weighted by Crippen LogP contribution is 2.59. The minimum atomic E-state index is -8.61. The molecule has 230 valence electrons. The maximum atomic E-state index is 13.9. The summed E-state index contributed by atoms with van der Waals surface area (Å²) in [6.45, 7) is -1.34. The van der Waals surface area contributed by atoms with Gasteiger partial charge >= 0.3 is 66.5 Å². The van der Waals surface area contributed by atoms with Crippen molar-refractivity contribution in [2.24, 2.45) is 0 Å². The zero-order chi connectivity index (χ0) is 31.6. The number of halogens is 23. The molecule has 0 aliphatic carbocycles. The predicted octanol–water partition coefficient (Wildman–Crippen LogP) is 7.72. The molecule has 3 nitrogen and oxygen atoms in total. The van der Waals surface area contributed by atoms with Crippen molar-refractivity contribution in [1.29, 1.82) is 0 Å². The van der Waals surface area contributed by atoms with Gasteiger partial charge in [0.1, 0.15) is 0 Å². The van der Waals surface area contributed by atoms with Crippen LogP contribution in [0.2, 0.25) is 0 Å². The summed E-state index contributed by atoms with van der Waals surface area (Å²) in [5.41, 5.74) is 0. The van der Waals surface area contributed by atoms with E-state index in [1.807, 2.05) is 0 Å². The molecule has 38 heavy (non-hydrogen) atoms. The van der Waals surface area contributed by atoms with Gasteiger partial charge in [0, 0.05) is 6.92 Å². The molecule has 0 heterocycles. The van der Waals surface area contributed by atoms with Crippen LogP contribution in [0.15, 0.2) is 0 Å². The summed E-state index contributed by atoms with van der Waals surface area (Å²) in [4.78, 5) is 0. The molecule has 0 aromatic heterocycles. The quantitative estimate of drug-likeness (QED) is 0.244. The monoisotopic (exact) mass is 632 g/mol. The molecule has 0 saturated carbocycles. The summed E-state index contributed by atoms with van der Waals surface area (Å²) in [7, 11) is 0. The lowest BCUT2D eigenvalue weighted by molar-refractivity contribution is -0.579. The van der Waals surface area contributed by atoms with Gasteiger partial charge in [-0.05, 0) is 0 Å². The van der Waals surface area contributed by atoms with E-state index in [0.717, 1.165) is 9.47 Å². The zero-order valence-corrected chi connectivity index (χ0v) is 16.4. The normalized spacial score (nSPS) is 20.5. The lowest BCUT2D eigenvalue weighted by atomic mass is 10.2. The molecular formula is C12H3F23O3. The molecule has 0 aliphatic heterocycles. The first-order valence-electron chi connectivity index (χ1n) is 7.82. The van der Waals surface area contributed by atoms with Crippen molar-refractivity contribution in [2.75, 3.05) is 0 Å². The molecule has 3 unspecified atom stereocenters. The summed E-state index contributed by atoms with van der Waals surface area (Å²) in [5, 5.41) is 0. The largest absolute Gasteiger partial charge is 0.462 e. The first-order valence-corrected chi connectivity index (χ1v) is 7.82. The molecule has 0 bridgehead atoms. The number of alkyl halides is 23. The van der Waals surface area contributed by atoms with E-state index in [1.54, 1.807) is 4.74 Å². The molecule has 0 spiro atoms. The first kappa shape index (κ1) is 36.3. The molecule has 0 aliphatic rings. The lowest BCUT2D eigenvalue weighted by Crippen LogP contribution is -2.70. The van der Waals surface area contributed by atoms with E-state index >= 15 is 0 Å². The standard InChI is InChI=1S/C12H3F23O3/c1-2(13,6(18,19)20)36-11(32,33)4(16,8(24,25)26)38-12(34,35)5(17,9(27,28)29)37-10(30,31)3(14,15)7(21,22)23/h1H3. The molecule has 3 atom stereocenters. The van der Waals surface area contributed by atoms with Crippen LogP contribution in [0.25, 0.3) is 0 Å². The number of ether oxygens (including phenoxy) is 3. The second-order valence-corrected chi connectivity index (χ2v) is 6.53. The smallest absolute Gasteiger partial charge is 0.270 e. The highest BCUT2D eigenvalue weighted by atomic mass is 19.4. The van der Waals surface area contributed by atoms with E-state index in [4.69, 9.17) is 0 Å². The first-order chi connectivity index (χ1) is 15.9. The molecule has 0 fully saturated rings. The van der Waals surface area contributed by atoms with Crippen LogP contribution < -0.4 is 0 Å². The minimum Gasteiger partial charge on any atom is -0.270 e. The number of rotatable bonds is 9. The summed E-state index contributed by atoms with van der Waals surface area (Å²) in [6.07, 6.45) is -56.2. The summed E-state index contributed by atoms with van der Waals surface area (Å²) in [5.74, 6) is -31.4. The average Bonchev–Trinajstić information content (AvgIpc) is 2.55.